The summed E-state index contributed by atoms with van der Waals surface area (Å²) in [6.07, 6.45) is 5.94. The van der Waals surface area contributed by atoms with Crippen molar-refractivity contribution in [3.63, 3.8) is 0 Å². The lowest BCUT2D eigenvalue weighted by Crippen LogP contribution is -2.49. The first-order valence-corrected chi connectivity index (χ1v) is 13.8. The lowest BCUT2D eigenvalue weighted by atomic mass is 9.92. The molecule has 200 valence electrons. The van der Waals surface area contributed by atoms with Crippen LogP contribution in [0.4, 0.5) is 4.79 Å². The molecule has 0 radical (unpaired) electrons. The van der Waals surface area contributed by atoms with Gasteiger partial charge in [0.15, 0.2) is 0 Å². The number of piperidine rings is 1. The highest BCUT2D eigenvalue weighted by atomic mass is 16.6. The third-order valence-electron chi connectivity index (χ3n) is 7.96. The molecule has 0 saturated carbocycles. The van der Waals surface area contributed by atoms with Crippen LogP contribution < -0.4 is 0 Å². The summed E-state index contributed by atoms with van der Waals surface area (Å²) in [7, 11) is 1.44. The van der Waals surface area contributed by atoms with Crippen LogP contribution >= 0.6 is 0 Å². The van der Waals surface area contributed by atoms with Gasteiger partial charge in [-0.3, -0.25) is 14.6 Å². The number of cyclic esters (lactones) is 1. The Morgan fingerprint density at radius 3 is 2.39 bits per heavy atom. The molecule has 3 aliphatic heterocycles. The second-order valence-corrected chi connectivity index (χ2v) is 10.6. The summed E-state index contributed by atoms with van der Waals surface area (Å²) in [5.74, 6) is 0.640. The van der Waals surface area contributed by atoms with Gasteiger partial charge in [-0.05, 0) is 63.2 Å². The van der Waals surface area contributed by atoms with Gasteiger partial charge in [-0.15, -0.1) is 0 Å². The van der Waals surface area contributed by atoms with Gasteiger partial charge in [-0.1, -0.05) is 30.3 Å². The van der Waals surface area contributed by atoms with Crippen molar-refractivity contribution in [3.05, 3.63) is 35.9 Å². The number of piperazine rings is 1. The van der Waals surface area contributed by atoms with E-state index < -0.39 is 0 Å². The molecule has 0 aromatic heterocycles. The SMILES string of the molecule is COC(=O)CCCN1CCN(CC2CN(CCCC3CCN(Cc4ccccc4)CC3)C(=O)O2)CC1. The third kappa shape index (κ3) is 8.46. The lowest BCUT2D eigenvalue weighted by Gasteiger charge is -2.35. The van der Waals surface area contributed by atoms with Gasteiger partial charge in [-0.25, -0.2) is 4.79 Å². The molecule has 1 aromatic carbocycles. The lowest BCUT2D eigenvalue weighted by molar-refractivity contribution is -0.140. The number of ether oxygens (including phenoxy) is 2. The van der Waals surface area contributed by atoms with Gasteiger partial charge >= 0.3 is 12.1 Å². The zero-order valence-corrected chi connectivity index (χ0v) is 22.0. The predicted molar refractivity (Wildman–Crippen MR) is 140 cm³/mol. The molecule has 0 aliphatic carbocycles. The maximum atomic E-state index is 12.4. The van der Waals surface area contributed by atoms with Gasteiger partial charge in [0.2, 0.25) is 0 Å². The van der Waals surface area contributed by atoms with E-state index in [4.69, 9.17) is 9.47 Å². The Bertz CT molecular complexity index is 807. The molecule has 8 heteroatoms. The van der Waals surface area contributed by atoms with Crippen molar-refractivity contribution < 1.29 is 19.1 Å². The number of nitrogens with zero attached hydrogens (tertiary/aromatic N) is 4. The number of likely N-dealkylation sites (tertiary alicyclic amines) is 1. The van der Waals surface area contributed by atoms with Gasteiger partial charge in [0.1, 0.15) is 6.10 Å². The fraction of sp³-hybridized carbons (Fsp3) is 0.714. The molecule has 8 nitrogen and oxygen atoms in total. The molecule has 0 spiro atoms. The zero-order chi connectivity index (χ0) is 25.2. The highest BCUT2D eigenvalue weighted by Gasteiger charge is 2.33. The van der Waals surface area contributed by atoms with Crippen LogP contribution in [0, 0.1) is 5.92 Å². The summed E-state index contributed by atoms with van der Waals surface area (Å²) < 4.78 is 10.4. The Hall–Kier alpha value is -2.16. The highest BCUT2D eigenvalue weighted by molar-refractivity contribution is 5.70. The van der Waals surface area contributed by atoms with Crippen LogP contribution in [-0.2, 0) is 20.8 Å². The number of hydrogen-bond donors (Lipinski definition) is 0. The van der Waals surface area contributed by atoms with Crippen molar-refractivity contribution in [1.82, 2.24) is 19.6 Å². The molecule has 3 heterocycles. The minimum absolute atomic E-state index is 0.0235. The van der Waals surface area contributed by atoms with E-state index in [0.29, 0.717) is 13.0 Å². The summed E-state index contributed by atoms with van der Waals surface area (Å²) in [4.78, 5) is 33.0. The molecule has 1 atom stereocenters. The fourth-order valence-corrected chi connectivity index (χ4v) is 5.73. The minimum atomic E-state index is -0.140. The number of esters is 1. The van der Waals surface area contributed by atoms with E-state index >= 15 is 0 Å². The summed E-state index contributed by atoms with van der Waals surface area (Å²) in [6.45, 7) is 10.6. The fourth-order valence-electron chi connectivity index (χ4n) is 5.73. The van der Waals surface area contributed by atoms with Crippen molar-refractivity contribution in [3.8, 4) is 0 Å². The van der Waals surface area contributed by atoms with Crippen molar-refractivity contribution in [2.45, 2.75) is 51.2 Å². The van der Waals surface area contributed by atoms with Crippen molar-refractivity contribution in [2.24, 2.45) is 5.92 Å². The smallest absolute Gasteiger partial charge is 0.410 e. The van der Waals surface area contributed by atoms with Gasteiger partial charge in [-0.2, -0.15) is 0 Å². The van der Waals surface area contributed by atoms with Crippen molar-refractivity contribution in [2.75, 3.05) is 72.6 Å². The first kappa shape index (κ1) is 26.9. The molecule has 1 unspecified atom stereocenters. The zero-order valence-electron chi connectivity index (χ0n) is 22.0. The maximum absolute atomic E-state index is 12.4. The number of amides is 1. The third-order valence-corrected chi connectivity index (χ3v) is 7.96. The molecule has 3 fully saturated rings. The van der Waals surface area contributed by atoms with Crippen LogP contribution in [0.25, 0.3) is 0 Å². The number of hydrogen-bond acceptors (Lipinski definition) is 7. The number of rotatable bonds is 12. The van der Waals surface area contributed by atoms with Crippen LogP contribution in [0.3, 0.4) is 0 Å². The van der Waals surface area contributed by atoms with Crippen LogP contribution in [0.1, 0.15) is 44.1 Å². The summed E-state index contributed by atoms with van der Waals surface area (Å²) in [5, 5.41) is 0. The molecular weight excluding hydrogens is 456 g/mol. The van der Waals surface area contributed by atoms with E-state index in [1.165, 1.54) is 45.0 Å². The number of carbonyl (C=O) groups excluding carboxylic acids is 2. The standard InChI is InChI=1S/C28H44N4O4/c1-35-27(33)10-6-13-29-17-19-31(20-18-29)22-26-23-32(28(34)36-26)14-5-9-24-11-15-30(16-12-24)21-25-7-3-2-4-8-25/h2-4,7-8,24,26H,5-6,9-23H2,1H3. The van der Waals surface area contributed by atoms with E-state index in [1.54, 1.807) is 0 Å². The molecule has 4 rings (SSSR count). The topological polar surface area (TPSA) is 65.6 Å². The Morgan fingerprint density at radius 1 is 0.944 bits per heavy atom. The summed E-state index contributed by atoms with van der Waals surface area (Å²) in [5.41, 5.74) is 1.40. The number of carbonyl (C=O) groups is 2. The van der Waals surface area contributed by atoms with E-state index in [1.807, 2.05) is 4.90 Å². The normalized spacial score (nSPS) is 22.6. The molecule has 3 aliphatic rings. The van der Waals surface area contributed by atoms with Crippen LogP contribution in [0.15, 0.2) is 30.3 Å². The van der Waals surface area contributed by atoms with Crippen LogP contribution in [0.2, 0.25) is 0 Å². The number of benzene rings is 1. The van der Waals surface area contributed by atoms with Crippen LogP contribution in [-0.4, -0.2) is 110 Å². The summed E-state index contributed by atoms with van der Waals surface area (Å²) >= 11 is 0. The Balaban J connectivity index is 1.06. The molecule has 1 aromatic rings. The first-order valence-electron chi connectivity index (χ1n) is 13.8. The second kappa shape index (κ2) is 14.0. The monoisotopic (exact) mass is 500 g/mol. The van der Waals surface area contributed by atoms with E-state index in [9.17, 15) is 9.59 Å². The molecule has 1 amide bonds. The number of methoxy groups -OCH3 is 1. The molecule has 0 N–H and O–H groups in total. The highest BCUT2D eigenvalue weighted by Crippen LogP contribution is 2.24. The Morgan fingerprint density at radius 2 is 1.67 bits per heavy atom. The van der Waals surface area contributed by atoms with E-state index in [2.05, 4.69) is 45.0 Å². The average Bonchev–Trinajstić information content (AvgIpc) is 3.25. The van der Waals surface area contributed by atoms with Crippen molar-refractivity contribution >= 4 is 12.1 Å². The molecule has 0 bridgehead atoms. The first-order chi connectivity index (χ1) is 17.6. The van der Waals surface area contributed by atoms with Gasteiger partial charge in [0.25, 0.3) is 0 Å². The Kier molecular flexibility index (Phi) is 10.4. The molecular formula is C28H44N4O4. The second-order valence-electron chi connectivity index (χ2n) is 10.6. The van der Waals surface area contributed by atoms with E-state index in [-0.39, 0.29) is 18.2 Å². The minimum Gasteiger partial charge on any atom is -0.469 e. The summed E-state index contributed by atoms with van der Waals surface area (Å²) in [6, 6.07) is 10.7. The predicted octanol–water partition coefficient (Wildman–Crippen LogP) is 3.07. The van der Waals surface area contributed by atoms with Crippen LogP contribution in [0.5, 0.6) is 0 Å². The maximum Gasteiger partial charge on any atom is 0.410 e. The van der Waals surface area contributed by atoms with E-state index in [0.717, 1.165) is 71.1 Å². The largest absolute Gasteiger partial charge is 0.469 e. The molecule has 3 saturated heterocycles. The quantitative estimate of drug-likeness (QED) is 0.409. The van der Waals surface area contributed by atoms with Crippen molar-refractivity contribution in [1.29, 1.82) is 0 Å². The van der Waals surface area contributed by atoms with Gasteiger partial charge < -0.3 is 19.3 Å². The van der Waals surface area contributed by atoms with Gasteiger partial charge in [0, 0.05) is 52.2 Å². The Labute approximate surface area is 216 Å². The average molecular weight is 501 g/mol. The molecule has 36 heavy (non-hydrogen) atoms. The van der Waals surface area contributed by atoms with Gasteiger partial charge in [0.05, 0.1) is 13.7 Å².